The Kier molecular flexibility index (Phi) is 8.04. The molecule has 2 aromatic carbocycles. The van der Waals surface area contributed by atoms with Crippen LogP contribution in [0.1, 0.15) is 31.2 Å². The Morgan fingerprint density at radius 1 is 0.700 bits per heavy atom. The van der Waals surface area contributed by atoms with E-state index in [2.05, 4.69) is 69.3 Å². The molecule has 2 aliphatic heterocycles. The van der Waals surface area contributed by atoms with Crippen LogP contribution >= 0.6 is 0 Å². The van der Waals surface area contributed by atoms with Crippen LogP contribution in [-0.2, 0) is 6.42 Å². The summed E-state index contributed by atoms with van der Waals surface area (Å²) in [6, 6.07) is 19.5. The maximum atomic E-state index is 6.05. The third kappa shape index (κ3) is 6.48. The van der Waals surface area contributed by atoms with Gasteiger partial charge in [-0.15, -0.1) is 0 Å². The van der Waals surface area contributed by atoms with E-state index in [4.69, 9.17) is 4.74 Å². The first kappa shape index (κ1) is 21.2. The fraction of sp³-hybridized carbons (Fsp3) is 0.538. The molecule has 0 amide bonds. The highest BCUT2D eigenvalue weighted by Gasteiger charge is 2.16. The average Bonchev–Trinajstić information content (AvgIpc) is 2.82. The summed E-state index contributed by atoms with van der Waals surface area (Å²) in [6.07, 6.45) is 6.35. The quantitative estimate of drug-likeness (QED) is 0.577. The SMILES string of the molecule is c1ccc(N2CCN(CCc3cccc(OCCCN4CCCCC4)c3)CC2)cc1. The maximum Gasteiger partial charge on any atom is 0.119 e. The largest absolute Gasteiger partial charge is 0.494 e. The molecule has 0 bridgehead atoms. The molecule has 2 fully saturated rings. The molecule has 0 radical (unpaired) electrons. The van der Waals surface area contributed by atoms with Gasteiger partial charge in [0.05, 0.1) is 6.61 Å². The lowest BCUT2D eigenvalue weighted by Gasteiger charge is -2.36. The van der Waals surface area contributed by atoms with E-state index in [1.54, 1.807) is 0 Å². The molecule has 0 atom stereocenters. The smallest absolute Gasteiger partial charge is 0.119 e. The number of para-hydroxylation sites is 1. The molecule has 2 heterocycles. The van der Waals surface area contributed by atoms with Gasteiger partial charge in [0, 0.05) is 45.0 Å². The van der Waals surface area contributed by atoms with Crippen molar-refractivity contribution < 1.29 is 4.74 Å². The molecule has 0 aliphatic carbocycles. The minimum absolute atomic E-state index is 0.821. The molecule has 162 valence electrons. The molecule has 0 saturated carbocycles. The van der Waals surface area contributed by atoms with Gasteiger partial charge in [0.2, 0.25) is 0 Å². The number of piperidine rings is 1. The monoisotopic (exact) mass is 407 g/mol. The van der Waals surface area contributed by atoms with Crippen molar-refractivity contribution in [2.75, 3.05) is 63.9 Å². The average molecular weight is 408 g/mol. The van der Waals surface area contributed by atoms with Crippen molar-refractivity contribution in [2.24, 2.45) is 0 Å². The van der Waals surface area contributed by atoms with Gasteiger partial charge in [0.15, 0.2) is 0 Å². The number of anilines is 1. The summed E-state index contributed by atoms with van der Waals surface area (Å²) in [7, 11) is 0. The van der Waals surface area contributed by atoms with Gasteiger partial charge in [-0.2, -0.15) is 0 Å². The van der Waals surface area contributed by atoms with Gasteiger partial charge in [0.1, 0.15) is 5.75 Å². The minimum Gasteiger partial charge on any atom is -0.494 e. The van der Waals surface area contributed by atoms with Gasteiger partial charge >= 0.3 is 0 Å². The zero-order chi connectivity index (χ0) is 20.4. The fourth-order valence-corrected chi connectivity index (χ4v) is 4.61. The summed E-state index contributed by atoms with van der Waals surface area (Å²) in [5.41, 5.74) is 2.73. The van der Waals surface area contributed by atoms with Crippen LogP contribution in [0.3, 0.4) is 0 Å². The topological polar surface area (TPSA) is 19.0 Å². The number of piperazine rings is 1. The van der Waals surface area contributed by atoms with E-state index in [9.17, 15) is 0 Å². The number of nitrogens with zero attached hydrogens (tertiary/aromatic N) is 3. The number of ether oxygens (including phenoxy) is 1. The predicted molar refractivity (Wildman–Crippen MR) is 126 cm³/mol. The first-order valence-electron chi connectivity index (χ1n) is 11.8. The minimum atomic E-state index is 0.821. The molecule has 0 unspecified atom stereocenters. The Labute approximate surface area is 182 Å². The van der Waals surface area contributed by atoms with Crippen molar-refractivity contribution in [3.05, 3.63) is 60.2 Å². The zero-order valence-electron chi connectivity index (χ0n) is 18.3. The van der Waals surface area contributed by atoms with Crippen molar-refractivity contribution in [1.82, 2.24) is 9.80 Å². The summed E-state index contributed by atoms with van der Waals surface area (Å²) < 4.78 is 6.05. The van der Waals surface area contributed by atoms with E-state index in [0.717, 1.165) is 57.9 Å². The molecule has 2 saturated heterocycles. The Morgan fingerprint density at radius 3 is 2.27 bits per heavy atom. The second kappa shape index (κ2) is 11.4. The molecule has 30 heavy (non-hydrogen) atoms. The van der Waals surface area contributed by atoms with Gasteiger partial charge in [-0.3, -0.25) is 4.90 Å². The van der Waals surface area contributed by atoms with E-state index in [-0.39, 0.29) is 0 Å². The number of likely N-dealkylation sites (tertiary alicyclic amines) is 1. The lowest BCUT2D eigenvalue weighted by Crippen LogP contribution is -2.46. The summed E-state index contributed by atoms with van der Waals surface area (Å²) in [5.74, 6) is 1.03. The molecule has 0 N–H and O–H groups in total. The van der Waals surface area contributed by atoms with Gasteiger partial charge in [-0.25, -0.2) is 0 Å². The van der Waals surface area contributed by atoms with Crippen molar-refractivity contribution in [2.45, 2.75) is 32.1 Å². The summed E-state index contributed by atoms with van der Waals surface area (Å²) in [6.45, 7) is 10.2. The zero-order valence-corrected chi connectivity index (χ0v) is 18.3. The van der Waals surface area contributed by atoms with E-state index in [0.29, 0.717) is 0 Å². The molecule has 4 heteroatoms. The predicted octanol–water partition coefficient (Wildman–Crippen LogP) is 4.31. The summed E-state index contributed by atoms with van der Waals surface area (Å²) in [5, 5.41) is 0. The van der Waals surface area contributed by atoms with Crippen LogP contribution in [0.2, 0.25) is 0 Å². The molecule has 0 spiro atoms. The van der Waals surface area contributed by atoms with Crippen LogP contribution in [0.4, 0.5) is 5.69 Å². The van der Waals surface area contributed by atoms with Gasteiger partial charge in [0.25, 0.3) is 0 Å². The highest BCUT2D eigenvalue weighted by atomic mass is 16.5. The van der Waals surface area contributed by atoms with Gasteiger partial charge in [-0.1, -0.05) is 36.8 Å². The Morgan fingerprint density at radius 2 is 1.47 bits per heavy atom. The number of hydrogen-bond acceptors (Lipinski definition) is 4. The van der Waals surface area contributed by atoms with Crippen LogP contribution in [0.15, 0.2) is 54.6 Å². The molecule has 4 rings (SSSR count). The molecular formula is C26H37N3O. The first-order valence-corrected chi connectivity index (χ1v) is 11.8. The molecule has 0 aromatic heterocycles. The maximum absolute atomic E-state index is 6.05. The van der Waals surface area contributed by atoms with Crippen molar-refractivity contribution in [1.29, 1.82) is 0 Å². The van der Waals surface area contributed by atoms with Crippen LogP contribution < -0.4 is 9.64 Å². The Balaban J connectivity index is 1.15. The van der Waals surface area contributed by atoms with Crippen LogP contribution in [0.25, 0.3) is 0 Å². The summed E-state index contributed by atoms with van der Waals surface area (Å²) in [4.78, 5) is 7.67. The number of hydrogen-bond donors (Lipinski definition) is 0. The highest BCUT2D eigenvalue weighted by molar-refractivity contribution is 5.46. The van der Waals surface area contributed by atoms with Crippen molar-refractivity contribution in [3.8, 4) is 5.75 Å². The highest BCUT2D eigenvalue weighted by Crippen LogP contribution is 2.17. The third-order valence-electron chi connectivity index (χ3n) is 6.44. The van der Waals surface area contributed by atoms with E-state index < -0.39 is 0 Å². The third-order valence-corrected chi connectivity index (χ3v) is 6.44. The van der Waals surface area contributed by atoms with Crippen molar-refractivity contribution >= 4 is 5.69 Å². The van der Waals surface area contributed by atoms with E-state index >= 15 is 0 Å². The lowest BCUT2D eigenvalue weighted by atomic mass is 10.1. The second-order valence-corrected chi connectivity index (χ2v) is 8.67. The lowest BCUT2D eigenvalue weighted by molar-refractivity contribution is 0.205. The standard InChI is InChI=1S/C26H37N3O/c1-3-10-25(11-4-1)29-20-18-28(19-21-29)17-13-24-9-7-12-26(23-24)30-22-8-16-27-14-5-2-6-15-27/h1,3-4,7,9-12,23H,2,5-6,8,13-22H2. The second-order valence-electron chi connectivity index (χ2n) is 8.67. The molecule has 4 nitrogen and oxygen atoms in total. The Bertz CT molecular complexity index is 737. The normalized spacial score (nSPS) is 18.5. The van der Waals surface area contributed by atoms with Crippen LogP contribution in [0.5, 0.6) is 5.75 Å². The van der Waals surface area contributed by atoms with Crippen molar-refractivity contribution in [3.63, 3.8) is 0 Å². The van der Waals surface area contributed by atoms with Crippen LogP contribution in [0, 0.1) is 0 Å². The van der Waals surface area contributed by atoms with Gasteiger partial charge < -0.3 is 14.5 Å². The number of rotatable bonds is 9. The van der Waals surface area contributed by atoms with E-state index in [1.807, 2.05) is 0 Å². The van der Waals surface area contributed by atoms with E-state index in [1.165, 1.54) is 50.1 Å². The molecule has 2 aliphatic rings. The number of benzene rings is 2. The van der Waals surface area contributed by atoms with Gasteiger partial charge in [-0.05, 0) is 68.6 Å². The molecule has 2 aromatic rings. The fourth-order valence-electron chi connectivity index (χ4n) is 4.61. The first-order chi connectivity index (χ1) is 14.9. The Hall–Kier alpha value is -2.04. The summed E-state index contributed by atoms with van der Waals surface area (Å²) >= 11 is 0. The molecular weight excluding hydrogens is 370 g/mol. The van der Waals surface area contributed by atoms with Crippen LogP contribution in [-0.4, -0.2) is 68.8 Å².